The van der Waals surface area contributed by atoms with E-state index in [0.717, 1.165) is 5.56 Å². The quantitative estimate of drug-likeness (QED) is 0.685. The molecule has 0 amide bonds. The lowest BCUT2D eigenvalue weighted by molar-refractivity contribution is -0.136. The molecule has 1 aliphatic rings. The molecule has 0 bridgehead atoms. The lowest BCUT2D eigenvalue weighted by atomic mass is 10.0. The van der Waals surface area contributed by atoms with Gasteiger partial charge in [-0.1, -0.05) is 23.2 Å². The van der Waals surface area contributed by atoms with E-state index in [0.29, 0.717) is 39.1 Å². The highest BCUT2D eigenvalue weighted by Crippen LogP contribution is 2.39. The lowest BCUT2D eigenvalue weighted by Crippen LogP contribution is -2.25. The zero-order valence-electron chi connectivity index (χ0n) is 14.9. The molecule has 0 fully saturated rings. The van der Waals surface area contributed by atoms with Gasteiger partial charge in [0.05, 0.1) is 0 Å². The molecule has 0 radical (unpaired) electrons. The van der Waals surface area contributed by atoms with Crippen molar-refractivity contribution >= 4 is 29.2 Å². The van der Waals surface area contributed by atoms with Crippen LogP contribution in [0.3, 0.4) is 0 Å². The van der Waals surface area contributed by atoms with E-state index in [-0.39, 0.29) is 30.9 Å². The molecule has 0 saturated heterocycles. The molecule has 1 heterocycles. The average molecular weight is 413 g/mol. The SMILES string of the molecule is CC1(C)Cc2cc(F)cc(COc3cc(Cl)c(CCC(=O)O)c(Cl)c3)c2O1. The van der Waals surface area contributed by atoms with Crippen LogP contribution in [0.2, 0.25) is 10.0 Å². The highest BCUT2D eigenvalue weighted by atomic mass is 35.5. The Morgan fingerprint density at radius 2 is 1.93 bits per heavy atom. The first-order chi connectivity index (χ1) is 12.6. The third kappa shape index (κ3) is 4.66. The molecule has 27 heavy (non-hydrogen) atoms. The first-order valence-electron chi connectivity index (χ1n) is 8.47. The van der Waals surface area contributed by atoms with E-state index < -0.39 is 5.97 Å². The standard InChI is InChI=1S/C20H19Cl2FO4/c1-20(2)9-11-5-13(23)6-12(19(11)27-20)10-26-14-7-16(21)15(17(22)8-14)3-4-18(24)25/h5-8H,3-4,9-10H2,1-2H3,(H,24,25). The van der Waals surface area contributed by atoms with Crippen LogP contribution in [0.5, 0.6) is 11.5 Å². The van der Waals surface area contributed by atoms with Gasteiger partial charge < -0.3 is 14.6 Å². The molecule has 0 saturated carbocycles. The van der Waals surface area contributed by atoms with Gasteiger partial charge in [-0.15, -0.1) is 0 Å². The number of ether oxygens (including phenoxy) is 2. The zero-order valence-corrected chi connectivity index (χ0v) is 16.5. The minimum atomic E-state index is -0.926. The van der Waals surface area contributed by atoms with E-state index in [1.807, 2.05) is 13.8 Å². The van der Waals surface area contributed by atoms with Crippen molar-refractivity contribution in [1.82, 2.24) is 0 Å². The van der Waals surface area contributed by atoms with Gasteiger partial charge in [-0.05, 0) is 50.1 Å². The van der Waals surface area contributed by atoms with Crippen LogP contribution in [-0.4, -0.2) is 16.7 Å². The van der Waals surface area contributed by atoms with Gasteiger partial charge in [0.1, 0.15) is 29.5 Å². The predicted octanol–water partition coefficient (Wildman–Crippen LogP) is 5.44. The van der Waals surface area contributed by atoms with E-state index in [2.05, 4.69) is 0 Å². The number of carbonyl (C=O) groups is 1. The van der Waals surface area contributed by atoms with E-state index in [1.54, 1.807) is 12.1 Å². The van der Waals surface area contributed by atoms with E-state index in [4.69, 9.17) is 37.8 Å². The third-order valence-corrected chi connectivity index (χ3v) is 4.97. The molecular weight excluding hydrogens is 394 g/mol. The fraction of sp³-hybridized carbons (Fsp3) is 0.350. The summed E-state index contributed by atoms with van der Waals surface area (Å²) in [7, 11) is 0. The first-order valence-corrected chi connectivity index (χ1v) is 9.23. The summed E-state index contributed by atoms with van der Waals surface area (Å²) >= 11 is 12.4. The summed E-state index contributed by atoms with van der Waals surface area (Å²) < 4.78 is 25.6. The summed E-state index contributed by atoms with van der Waals surface area (Å²) in [5.41, 5.74) is 1.60. The molecule has 0 aromatic heterocycles. The Kier molecular flexibility index (Phi) is 5.54. The van der Waals surface area contributed by atoms with Crippen molar-refractivity contribution in [2.45, 2.75) is 45.3 Å². The molecule has 0 spiro atoms. The van der Waals surface area contributed by atoms with Crippen LogP contribution in [0.4, 0.5) is 4.39 Å². The third-order valence-electron chi connectivity index (χ3n) is 4.30. The van der Waals surface area contributed by atoms with Crippen LogP contribution in [0.15, 0.2) is 24.3 Å². The van der Waals surface area contributed by atoms with Crippen molar-refractivity contribution in [3.63, 3.8) is 0 Å². The average Bonchev–Trinajstić information content (AvgIpc) is 2.85. The van der Waals surface area contributed by atoms with E-state index in [1.165, 1.54) is 12.1 Å². The Balaban J connectivity index is 1.78. The molecule has 1 N–H and O–H groups in total. The van der Waals surface area contributed by atoms with Gasteiger partial charge in [-0.2, -0.15) is 0 Å². The van der Waals surface area contributed by atoms with Crippen LogP contribution < -0.4 is 9.47 Å². The number of hydrogen-bond acceptors (Lipinski definition) is 3. The fourth-order valence-electron chi connectivity index (χ4n) is 3.15. The number of benzene rings is 2. The molecule has 0 unspecified atom stereocenters. The van der Waals surface area contributed by atoms with Gasteiger partial charge in [-0.25, -0.2) is 4.39 Å². The maximum absolute atomic E-state index is 13.9. The molecular formula is C20H19Cl2FO4. The smallest absolute Gasteiger partial charge is 0.303 e. The summed E-state index contributed by atoms with van der Waals surface area (Å²) in [6.07, 6.45) is 0.791. The van der Waals surface area contributed by atoms with E-state index in [9.17, 15) is 9.18 Å². The Labute approximate surface area is 166 Å². The van der Waals surface area contributed by atoms with Crippen LogP contribution >= 0.6 is 23.2 Å². The predicted molar refractivity (Wildman–Crippen MR) is 102 cm³/mol. The van der Waals surface area contributed by atoms with Crippen molar-refractivity contribution in [1.29, 1.82) is 0 Å². The summed E-state index contributed by atoms with van der Waals surface area (Å²) in [6.45, 7) is 3.99. The number of carboxylic acids is 1. The monoisotopic (exact) mass is 412 g/mol. The number of rotatable bonds is 6. The molecule has 7 heteroatoms. The van der Waals surface area contributed by atoms with Gasteiger partial charge in [-0.3, -0.25) is 4.79 Å². The zero-order chi connectivity index (χ0) is 19.8. The normalized spacial score (nSPS) is 14.6. The van der Waals surface area contributed by atoms with Crippen molar-refractivity contribution in [3.05, 3.63) is 56.8 Å². The van der Waals surface area contributed by atoms with Gasteiger partial charge in [0, 0.05) is 34.0 Å². The number of halogens is 3. The van der Waals surface area contributed by atoms with Gasteiger partial charge in [0.25, 0.3) is 0 Å². The minimum absolute atomic E-state index is 0.0673. The molecule has 3 rings (SSSR count). The summed E-state index contributed by atoms with van der Waals surface area (Å²) in [5, 5.41) is 9.47. The maximum atomic E-state index is 13.9. The highest BCUT2D eigenvalue weighted by molar-refractivity contribution is 6.36. The van der Waals surface area contributed by atoms with Crippen molar-refractivity contribution in [2.75, 3.05) is 0 Å². The number of carboxylic acid groups (broad SMARTS) is 1. The van der Waals surface area contributed by atoms with Crippen molar-refractivity contribution in [2.24, 2.45) is 0 Å². The van der Waals surface area contributed by atoms with Crippen LogP contribution in [0.25, 0.3) is 0 Å². The fourth-order valence-corrected chi connectivity index (χ4v) is 3.80. The first kappa shape index (κ1) is 19.8. The maximum Gasteiger partial charge on any atom is 0.303 e. The Hall–Kier alpha value is -1.98. The second kappa shape index (κ2) is 7.56. The van der Waals surface area contributed by atoms with Crippen molar-refractivity contribution < 1.29 is 23.8 Å². The van der Waals surface area contributed by atoms with Crippen LogP contribution in [0, 0.1) is 5.82 Å². The number of fused-ring (bicyclic) bond motifs is 1. The molecule has 2 aromatic rings. The molecule has 0 aliphatic carbocycles. The van der Waals surface area contributed by atoms with Crippen molar-refractivity contribution in [3.8, 4) is 11.5 Å². The van der Waals surface area contributed by atoms with Crippen LogP contribution in [-0.2, 0) is 24.2 Å². The largest absolute Gasteiger partial charge is 0.489 e. The number of hydrogen-bond donors (Lipinski definition) is 1. The highest BCUT2D eigenvalue weighted by Gasteiger charge is 2.32. The second-order valence-electron chi connectivity index (χ2n) is 7.14. The molecule has 144 valence electrons. The van der Waals surface area contributed by atoms with E-state index >= 15 is 0 Å². The second-order valence-corrected chi connectivity index (χ2v) is 7.95. The Bertz CT molecular complexity index is 873. The summed E-state index contributed by atoms with van der Waals surface area (Å²) in [5.74, 6) is -0.199. The summed E-state index contributed by atoms with van der Waals surface area (Å²) in [6, 6.07) is 6.03. The molecule has 1 aliphatic heterocycles. The van der Waals surface area contributed by atoms with Gasteiger partial charge in [0.2, 0.25) is 0 Å². The molecule has 0 atom stereocenters. The molecule has 2 aromatic carbocycles. The van der Waals surface area contributed by atoms with Gasteiger partial charge in [0.15, 0.2) is 0 Å². The molecule has 4 nitrogen and oxygen atoms in total. The number of aliphatic carboxylic acids is 1. The topological polar surface area (TPSA) is 55.8 Å². The summed E-state index contributed by atoms with van der Waals surface area (Å²) in [4.78, 5) is 10.7. The minimum Gasteiger partial charge on any atom is -0.489 e. The van der Waals surface area contributed by atoms with Crippen LogP contribution in [0.1, 0.15) is 37.0 Å². The lowest BCUT2D eigenvalue weighted by Gasteiger charge is -2.18. The Morgan fingerprint density at radius 1 is 1.26 bits per heavy atom. The Morgan fingerprint density at radius 3 is 2.56 bits per heavy atom. The van der Waals surface area contributed by atoms with Gasteiger partial charge >= 0.3 is 5.97 Å².